The van der Waals surface area contributed by atoms with E-state index in [0.717, 1.165) is 33.9 Å². The number of benzene rings is 1. The third-order valence-electron chi connectivity index (χ3n) is 3.75. The van der Waals surface area contributed by atoms with Gasteiger partial charge in [-0.1, -0.05) is 36.3 Å². The van der Waals surface area contributed by atoms with Crippen molar-refractivity contribution >= 4 is 17.0 Å². The molecular weight excluding hydrogens is 316 g/mol. The van der Waals surface area contributed by atoms with Crippen LogP contribution in [0.15, 0.2) is 65.5 Å². The first kappa shape index (κ1) is 14.6. The third kappa shape index (κ3) is 2.66. The van der Waals surface area contributed by atoms with Crippen molar-refractivity contribution in [1.29, 1.82) is 0 Å². The van der Waals surface area contributed by atoms with Gasteiger partial charge in [0.05, 0.1) is 13.3 Å². The summed E-state index contributed by atoms with van der Waals surface area (Å²) in [4.78, 5) is 4.50. The second-order valence-electron chi connectivity index (χ2n) is 5.25. The van der Waals surface area contributed by atoms with E-state index in [0.29, 0.717) is 0 Å². The average Bonchev–Trinajstić information content (AvgIpc) is 3.29. The van der Waals surface area contributed by atoms with Crippen LogP contribution in [0, 0.1) is 11.8 Å². The Balaban J connectivity index is 1.85. The van der Waals surface area contributed by atoms with Crippen molar-refractivity contribution in [2.24, 2.45) is 0 Å². The van der Waals surface area contributed by atoms with Gasteiger partial charge in [-0.3, -0.25) is 4.40 Å². The van der Waals surface area contributed by atoms with Crippen LogP contribution in [0.3, 0.4) is 0 Å². The first-order valence-corrected chi connectivity index (χ1v) is 8.44. The van der Waals surface area contributed by atoms with Gasteiger partial charge in [-0.2, -0.15) is 11.3 Å². The second kappa shape index (κ2) is 6.23. The van der Waals surface area contributed by atoms with Gasteiger partial charge in [0.25, 0.3) is 0 Å². The van der Waals surface area contributed by atoms with Crippen LogP contribution in [0.25, 0.3) is 16.8 Å². The lowest BCUT2D eigenvalue weighted by Crippen LogP contribution is -1.97. The van der Waals surface area contributed by atoms with Crippen molar-refractivity contribution in [3.63, 3.8) is 0 Å². The van der Waals surface area contributed by atoms with Gasteiger partial charge in [-0.05, 0) is 34.6 Å². The molecule has 0 aliphatic heterocycles. The van der Waals surface area contributed by atoms with Crippen molar-refractivity contribution in [1.82, 2.24) is 9.38 Å². The molecule has 0 radical (unpaired) electrons. The quantitative estimate of drug-likeness (QED) is 0.507. The van der Waals surface area contributed by atoms with E-state index >= 15 is 0 Å². The first-order valence-electron chi connectivity index (χ1n) is 7.50. The van der Waals surface area contributed by atoms with Gasteiger partial charge in [0.1, 0.15) is 11.3 Å². The van der Waals surface area contributed by atoms with E-state index < -0.39 is 0 Å². The molecule has 0 fully saturated rings. The molecule has 0 aliphatic rings. The molecule has 4 heteroatoms. The fourth-order valence-electron chi connectivity index (χ4n) is 2.59. The zero-order chi connectivity index (χ0) is 16.4. The molecule has 0 saturated carbocycles. The van der Waals surface area contributed by atoms with Gasteiger partial charge in [0, 0.05) is 17.0 Å². The summed E-state index contributed by atoms with van der Waals surface area (Å²) in [5.41, 5.74) is 4.85. The standard InChI is InChI=1S/C20H14N2OS/c1-23-20-12-17(16-5-3-2-4-6-16)11-19-21-13-18(22(19)20)8-7-15-9-10-24-14-15/h2-6,9-14H,1H3. The fraction of sp³-hybridized carbons (Fsp3) is 0.0500. The Morgan fingerprint density at radius 1 is 1.04 bits per heavy atom. The van der Waals surface area contributed by atoms with Crippen molar-refractivity contribution in [3.05, 3.63) is 76.7 Å². The molecule has 4 aromatic rings. The van der Waals surface area contributed by atoms with Crippen LogP contribution in [0.4, 0.5) is 0 Å². The van der Waals surface area contributed by atoms with E-state index in [1.54, 1.807) is 24.6 Å². The van der Waals surface area contributed by atoms with Gasteiger partial charge >= 0.3 is 0 Å². The maximum atomic E-state index is 5.58. The Kier molecular flexibility index (Phi) is 3.78. The Bertz CT molecular complexity index is 1040. The topological polar surface area (TPSA) is 26.5 Å². The number of ether oxygens (including phenoxy) is 1. The van der Waals surface area contributed by atoms with Crippen molar-refractivity contribution in [2.75, 3.05) is 7.11 Å². The number of pyridine rings is 1. The molecule has 0 N–H and O–H groups in total. The highest BCUT2D eigenvalue weighted by Crippen LogP contribution is 2.27. The normalized spacial score (nSPS) is 10.4. The molecule has 0 aliphatic carbocycles. The summed E-state index contributed by atoms with van der Waals surface area (Å²) in [6, 6.07) is 16.3. The highest BCUT2D eigenvalue weighted by molar-refractivity contribution is 7.08. The number of aromatic nitrogens is 2. The Morgan fingerprint density at radius 3 is 2.67 bits per heavy atom. The predicted octanol–water partition coefficient (Wildman–Crippen LogP) is 4.47. The molecule has 0 amide bonds. The van der Waals surface area contributed by atoms with E-state index in [-0.39, 0.29) is 0 Å². The highest BCUT2D eigenvalue weighted by atomic mass is 32.1. The summed E-state index contributed by atoms with van der Waals surface area (Å²) in [7, 11) is 1.67. The van der Waals surface area contributed by atoms with Gasteiger partial charge in [-0.25, -0.2) is 4.98 Å². The van der Waals surface area contributed by atoms with Crippen LogP contribution < -0.4 is 4.74 Å². The van der Waals surface area contributed by atoms with E-state index in [4.69, 9.17) is 4.74 Å². The molecule has 24 heavy (non-hydrogen) atoms. The van der Waals surface area contributed by atoms with Gasteiger partial charge in [0.2, 0.25) is 5.88 Å². The number of methoxy groups -OCH3 is 1. The molecular formula is C20H14N2OS. The summed E-state index contributed by atoms with van der Waals surface area (Å²) < 4.78 is 7.52. The van der Waals surface area contributed by atoms with Gasteiger partial charge < -0.3 is 4.74 Å². The number of imidazole rings is 1. The minimum atomic E-state index is 0.721. The summed E-state index contributed by atoms with van der Waals surface area (Å²) in [6.45, 7) is 0. The zero-order valence-electron chi connectivity index (χ0n) is 13.1. The number of hydrogen-bond donors (Lipinski definition) is 0. The summed E-state index contributed by atoms with van der Waals surface area (Å²) in [5.74, 6) is 7.06. The van der Waals surface area contributed by atoms with Crippen molar-refractivity contribution in [2.45, 2.75) is 0 Å². The molecule has 0 saturated heterocycles. The molecule has 3 nitrogen and oxygen atoms in total. The Labute approximate surface area is 144 Å². The minimum Gasteiger partial charge on any atom is -0.482 e. The van der Waals surface area contributed by atoms with Crippen LogP contribution in [0.1, 0.15) is 11.3 Å². The first-order chi connectivity index (χ1) is 11.8. The van der Waals surface area contributed by atoms with E-state index in [9.17, 15) is 0 Å². The third-order valence-corrected chi connectivity index (χ3v) is 4.43. The van der Waals surface area contributed by atoms with Crippen LogP contribution >= 0.6 is 11.3 Å². The van der Waals surface area contributed by atoms with E-state index in [1.165, 1.54) is 0 Å². The smallest absolute Gasteiger partial charge is 0.200 e. The number of nitrogens with zero attached hydrogens (tertiary/aromatic N) is 2. The fourth-order valence-corrected chi connectivity index (χ4v) is 3.17. The minimum absolute atomic E-state index is 0.721. The molecule has 116 valence electrons. The predicted molar refractivity (Wildman–Crippen MR) is 97.5 cm³/mol. The Hall–Kier alpha value is -3.03. The zero-order valence-corrected chi connectivity index (χ0v) is 13.9. The summed E-state index contributed by atoms with van der Waals surface area (Å²) >= 11 is 1.64. The largest absolute Gasteiger partial charge is 0.482 e. The van der Waals surface area contributed by atoms with Crippen LogP contribution in [-0.4, -0.2) is 16.5 Å². The SMILES string of the molecule is COc1cc(-c2ccccc2)cc2ncc(C#Cc3ccsc3)n12. The molecule has 1 aromatic carbocycles. The Morgan fingerprint density at radius 2 is 1.92 bits per heavy atom. The lowest BCUT2D eigenvalue weighted by molar-refractivity contribution is 0.392. The van der Waals surface area contributed by atoms with E-state index in [1.807, 2.05) is 51.6 Å². The molecule has 0 unspecified atom stereocenters. The van der Waals surface area contributed by atoms with Crippen molar-refractivity contribution < 1.29 is 4.74 Å². The molecule has 0 spiro atoms. The lowest BCUT2D eigenvalue weighted by Gasteiger charge is -2.09. The van der Waals surface area contributed by atoms with Crippen LogP contribution in [-0.2, 0) is 0 Å². The lowest BCUT2D eigenvalue weighted by atomic mass is 10.1. The molecule has 0 atom stereocenters. The van der Waals surface area contributed by atoms with Crippen LogP contribution in [0.5, 0.6) is 5.88 Å². The number of rotatable bonds is 2. The van der Waals surface area contributed by atoms with Gasteiger partial charge in [-0.15, -0.1) is 0 Å². The molecule has 0 bridgehead atoms. The molecule has 3 aromatic heterocycles. The summed E-state index contributed by atoms with van der Waals surface area (Å²) in [5, 5.41) is 4.05. The number of thiophene rings is 1. The highest BCUT2D eigenvalue weighted by Gasteiger charge is 2.10. The molecule has 4 rings (SSSR count). The monoisotopic (exact) mass is 330 g/mol. The average molecular weight is 330 g/mol. The van der Waals surface area contributed by atoms with Crippen molar-refractivity contribution in [3.8, 4) is 28.8 Å². The maximum absolute atomic E-state index is 5.58. The number of hydrogen-bond acceptors (Lipinski definition) is 3. The second-order valence-corrected chi connectivity index (χ2v) is 6.03. The van der Waals surface area contributed by atoms with E-state index in [2.05, 4.69) is 29.0 Å². The maximum Gasteiger partial charge on any atom is 0.200 e. The van der Waals surface area contributed by atoms with Crippen LogP contribution in [0.2, 0.25) is 0 Å². The van der Waals surface area contributed by atoms with Gasteiger partial charge in [0.15, 0.2) is 0 Å². The summed E-state index contributed by atoms with van der Waals surface area (Å²) in [6.07, 6.45) is 1.78. The molecule has 3 heterocycles. The number of fused-ring (bicyclic) bond motifs is 1.